The fraction of sp³-hybridized carbons (Fsp3) is 0.435. The number of hydrogen-bond donors (Lipinski definition) is 1. The van der Waals surface area contributed by atoms with Gasteiger partial charge in [0, 0.05) is 19.6 Å². The fourth-order valence-corrected chi connectivity index (χ4v) is 3.42. The largest absolute Gasteiger partial charge is 0.497 e. The van der Waals surface area contributed by atoms with E-state index in [2.05, 4.69) is 10.2 Å². The van der Waals surface area contributed by atoms with Crippen molar-refractivity contribution in [2.75, 3.05) is 53.2 Å². The van der Waals surface area contributed by atoms with Gasteiger partial charge in [-0.05, 0) is 36.8 Å². The molecule has 162 valence electrons. The van der Waals surface area contributed by atoms with E-state index in [1.807, 2.05) is 49.4 Å². The van der Waals surface area contributed by atoms with Crippen molar-refractivity contribution in [1.29, 1.82) is 0 Å². The van der Waals surface area contributed by atoms with Crippen LogP contribution in [-0.2, 0) is 9.53 Å². The number of benzene rings is 2. The Hall–Kier alpha value is -2.77. The molecule has 0 saturated carbocycles. The predicted octanol–water partition coefficient (Wildman–Crippen LogP) is 2.66. The van der Waals surface area contributed by atoms with Crippen LogP contribution in [-0.4, -0.2) is 64.0 Å². The second-order valence-corrected chi connectivity index (χ2v) is 6.91. The van der Waals surface area contributed by atoms with E-state index in [0.29, 0.717) is 37.9 Å². The molecule has 7 nitrogen and oxygen atoms in total. The summed E-state index contributed by atoms with van der Waals surface area (Å²) in [6, 6.07) is 15.4. The number of ether oxygens (including phenoxy) is 4. The summed E-state index contributed by atoms with van der Waals surface area (Å²) in [5.41, 5.74) is 1.13. The second-order valence-electron chi connectivity index (χ2n) is 6.91. The van der Waals surface area contributed by atoms with Gasteiger partial charge in [-0.15, -0.1) is 0 Å². The number of amides is 1. The van der Waals surface area contributed by atoms with Crippen molar-refractivity contribution in [3.63, 3.8) is 0 Å². The topological polar surface area (TPSA) is 69.3 Å². The maximum absolute atomic E-state index is 12.5. The number of carbonyl (C=O) groups excluding carboxylic acids is 1. The Labute approximate surface area is 177 Å². The van der Waals surface area contributed by atoms with Gasteiger partial charge >= 0.3 is 0 Å². The minimum Gasteiger partial charge on any atom is -0.497 e. The van der Waals surface area contributed by atoms with Gasteiger partial charge in [-0.1, -0.05) is 24.3 Å². The van der Waals surface area contributed by atoms with Crippen molar-refractivity contribution in [2.24, 2.45) is 0 Å². The summed E-state index contributed by atoms with van der Waals surface area (Å²) in [6.07, 6.45) is 0. The third kappa shape index (κ3) is 6.11. The maximum Gasteiger partial charge on any atom is 0.258 e. The molecule has 1 amide bonds. The first kappa shape index (κ1) is 21.9. The molecule has 1 N–H and O–H groups in total. The molecule has 0 aliphatic carbocycles. The van der Waals surface area contributed by atoms with E-state index in [9.17, 15) is 4.79 Å². The van der Waals surface area contributed by atoms with Crippen LogP contribution in [0.25, 0.3) is 0 Å². The molecule has 2 aromatic carbocycles. The van der Waals surface area contributed by atoms with Crippen LogP contribution >= 0.6 is 0 Å². The zero-order valence-electron chi connectivity index (χ0n) is 17.6. The van der Waals surface area contributed by atoms with E-state index in [1.165, 1.54) is 0 Å². The van der Waals surface area contributed by atoms with Crippen LogP contribution in [0.5, 0.6) is 17.2 Å². The van der Waals surface area contributed by atoms with Crippen LogP contribution < -0.4 is 19.5 Å². The van der Waals surface area contributed by atoms with E-state index in [4.69, 9.17) is 18.9 Å². The molecule has 2 aromatic rings. The monoisotopic (exact) mass is 414 g/mol. The Morgan fingerprint density at radius 1 is 1.07 bits per heavy atom. The van der Waals surface area contributed by atoms with Crippen LogP contribution in [0.15, 0.2) is 48.5 Å². The Kier molecular flexibility index (Phi) is 8.35. The predicted molar refractivity (Wildman–Crippen MR) is 114 cm³/mol. The van der Waals surface area contributed by atoms with Crippen LogP contribution in [0.1, 0.15) is 18.5 Å². The number of carbonyl (C=O) groups is 1. The van der Waals surface area contributed by atoms with Gasteiger partial charge in [0.05, 0.1) is 33.0 Å². The summed E-state index contributed by atoms with van der Waals surface area (Å²) in [4.78, 5) is 14.8. The van der Waals surface area contributed by atoms with E-state index < -0.39 is 0 Å². The molecule has 7 heteroatoms. The average molecular weight is 415 g/mol. The van der Waals surface area contributed by atoms with E-state index >= 15 is 0 Å². The van der Waals surface area contributed by atoms with Crippen molar-refractivity contribution < 1.29 is 23.7 Å². The molecule has 0 spiro atoms. The fourth-order valence-electron chi connectivity index (χ4n) is 3.42. The van der Waals surface area contributed by atoms with Gasteiger partial charge in [-0.3, -0.25) is 9.69 Å². The van der Waals surface area contributed by atoms with E-state index in [1.54, 1.807) is 13.2 Å². The minimum absolute atomic E-state index is 0.0551. The number of hydrogen-bond acceptors (Lipinski definition) is 6. The highest BCUT2D eigenvalue weighted by Gasteiger charge is 2.23. The molecular formula is C23H30N2O5. The molecule has 1 saturated heterocycles. The van der Waals surface area contributed by atoms with Crippen LogP contribution in [0, 0.1) is 0 Å². The number of nitrogens with one attached hydrogen (secondary N) is 1. The molecule has 30 heavy (non-hydrogen) atoms. The van der Waals surface area contributed by atoms with Gasteiger partial charge in [0.1, 0.15) is 5.75 Å². The van der Waals surface area contributed by atoms with Crippen molar-refractivity contribution in [3.8, 4) is 17.2 Å². The molecule has 0 aromatic heterocycles. The smallest absolute Gasteiger partial charge is 0.258 e. The molecule has 1 fully saturated rings. The summed E-state index contributed by atoms with van der Waals surface area (Å²) in [7, 11) is 1.65. The van der Waals surface area contributed by atoms with Crippen molar-refractivity contribution in [1.82, 2.24) is 10.2 Å². The first-order chi connectivity index (χ1) is 14.7. The number of methoxy groups -OCH3 is 1. The summed E-state index contributed by atoms with van der Waals surface area (Å²) < 4.78 is 22.0. The third-order valence-electron chi connectivity index (χ3n) is 4.99. The van der Waals surface area contributed by atoms with Gasteiger partial charge in [0.15, 0.2) is 18.1 Å². The molecule has 1 unspecified atom stereocenters. The molecule has 1 heterocycles. The van der Waals surface area contributed by atoms with Crippen molar-refractivity contribution in [3.05, 3.63) is 54.1 Å². The molecule has 0 radical (unpaired) electrons. The van der Waals surface area contributed by atoms with Crippen LogP contribution in [0.4, 0.5) is 0 Å². The van der Waals surface area contributed by atoms with Crippen LogP contribution in [0.3, 0.4) is 0 Å². The Morgan fingerprint density at radius 2 is 1.73 bits per heavy atom. The Bertz CT molecular complexity index is 790. The van der Waals surface area contributed by atoms with E-state index in [-0.39, 0.29) is 18.6 Å². The van der Waals surface area contributed by atoms with E-state index in [0.717, 1.165) is 24.4 Å². The summed E-state index contributed by atoms with van der Waals surface area (Å²) in [5.74, 6) is 1.84. The van der Waals surface area contributed by atoms with Gasteiger partial charge in [-0.2, -0.15) is 0 Å². The number of rotatable bonds is 10. The molecule has 1 aliphatic rings. The van der Waals surface area contributed by atoms with Crippen molar-refractivity contribution >= 4 is 5.91 Å². The number of nitrogens with zero attached hydrogens (tertiary/aromatic N) is 1. The second kappa shape index (κ2) is 11.4. The van der Waals surface area contributed by atoms with Crippen molar-refractivity contribution in [2.45, 2.75) is 13.0 Å². The molecule has 1 atom stereocenters. The number of morpholine rings is 1. The van der Waals surface area contributed by atoms with Crippen LogP contribution in [0.2, 0.25) is 0 Å². The maximum atomic E-state index is 12.5. The van der Waals surface area contributed by atoms with Gasteiger partial charge in [0.2, 0.25) is 0 Å². The summed E-state index contributed by atoms with van der Waals surface area (Å²) in [5, 5.41) is 3.01. The zero-order chi connectivity index (χ0) is 21.2. The standard InChI is InChI=1S/C23H30N2O5/c1-3-29-21-6-4-5-7-22(21)30-17-23(26)24-16-20(25-12-14-28-15-13-25)18-8-10-19(27-2)11-9-18/h4-11,20H,3,12-17H2,1-2H3,(H,24,26). The highest BCUT2D eigenvalue weighted by atomic mass is 16.5. The minimum atomic E-state index is -0.173. The normalized spacial score (nSPS) is 15.3. The van der Waals surface area contributed by atoms with Gasteiger partial charge in [0.25, 0.3) is 5.91 Å². The highest BCUT2D eigenvalue weighted by molar-refractivity contribution is 5.77. The SMILES string of the molecule is CCOc1ccccc1OCC(=O)NCC(c1ccc(OC)cc1)N1CCOCC1. The van der Waals surface area contributed by atoms with Gasteiger partial charge < -0.3 is 24.3 Å². The Balaban J connectivity index is 1.59. The third-order valence-corrected chi connectivity index (χ3v) is 4.99. The molecule has 1 aliphatic heterocycles. The molecule has 3 rings (SSSR count). The lowest BCUT2D eigenvalue weighted by Gasteiger charge is -2.35. The molecule has 0 bridgehead atoms. The Morgan fingerprint density at radius 3 is 2.37 bits per heavy atom. The average Bonchev–Trinajstić information content (AvgIpc) is 2.80. The first-order valence-corrected chi connectivity index (χ1v) is 10.3. The molecular weight excluding hydrogens is 384 g/mol. The lowest BCUT2D eigenvalue weighted by Crippen LogP contribution is -2.44. The lowest BCUT2D eigenvalue weighted by molar-refractivity contribution is -0.123. The lowest BCUT2D eigenvalue weighted by atomic mass is 10.0. The van der Waals surface area contributed by atoms with Gasteiger partial charge in [-0.25, -0.2) is 0 Å². The highest BCUT2D eigenvalue weighted by Crippen LogP contribution is 2.26. The first-order valence-electron chi connectivity index (χ1n) is 10.3. The summed E-state index contributed by atoms with van der Waals surface area (Å²) >= 11 is 0. The summed E-state index contributed by atoms with van der Waals surface area (Å²) in [6.45, 7) is 5.90. The quantitative estimate of drug-likeness (QED) is 0.645. The zero-order valence-corrected chi connectivity index (χ0v) is 17.6. The number of para-hydroxylation sites is 2.